The van der Waals surface area contributed by atoms with Crippen LogP contribution in [0, 0.1) is 19.7 Å². The highest BCUT2D eigenvalue weighted by atomic mass is 32.2. The summed E-state index contributed by atoms with van der Waals surface area (Å²) in [6.45, 7) is 3.92. The Labute approximate surface area is 121 Å². The molecule has 0 aliphatic carbocycles. The van der Waals surface area contributed by atoms with Crippen LogP contribution in [0.2, 0.25) is 0 Å². The molecule has 0 atom stereocenters. The second-order valence-corrected chi connectivity index (χ2v) is 5.69. The molecule has 0 heterocycles. The van der Waals surface area contributed by atoms with E-state index in [1.165, 1.54) is 17.8 Å². The highest BCUT2D eigenvalue weighted by Gasteiger charge is 2.13. The van der Waals surface area contributed by atoms with Crippen LogP contribution in [-0.2, 0) is 0 Å². The Kier molecular flexibility index (Phi) is 3.99. The molecule has 0 saturated carbocycles. The number of aryl methyl sites for hydroxylation is 2. The lowest BCUT2D eigenvalue weighted by atomic mass is 10.1. The van der Waals surface area contributed by atoms with Crippen molar-refractivity contribution in [2.75, 3.05) is 5.73 Å². The van der Waals surface area contributed by atoms with Crippen molar-refractivity contribution in [3.63, 3.8) is 0 Å². The predicted octanol–water partition coefficient (Wildman–Crippen LogP) is 3.27. The van der Waals surface area contributed by atoms with Crippen LogP contribution in [0.5, 0.6) is 0 Å². The molecule has 2 aromatic rings. The van der Waals surface area contributed by atoms with Gasteiger partial charge in [-0.2, -0.15) is 0 Å². The normalized spacial score (nSPS) is 10.6. The number of nitrogen functional groups attached to an aromatic ring is 1. The number of nitrogens with two attached hydrogens (primary N) is 2. The number of carbonyl (C=O) groups is 1. The second kappa shape index (κ2) is 5.54. The van der Waals surface area contributed by atoms with Crippen molar-refractivity contribution in [3.8, 4) is 0 Å². The minimum absolute atomic E-state index is 0.0558. The van der Waals surface area contributed by atoms with E-state index < -0.39 is 11.7 Å². The Bertz CT molecular complexity index is 686. The maximum absolute atomic E-state index is 14.0. The number of carbonyl (C=O) groups excluding carboxylic acids is 1. The zero-order chi connectivity index (χ0) is 14.9. The zero-order valence-corrected chi connectivity index (χ0v) is 12.1. The molecular weight excluding hydrogens is 275 g/mol. The van der Waals surface area contributed by atoms with Crippen LogP contribution in [0.15, 0.2) is 40.1 Å². The van der Waals surface area contributed by atoms with E-state index in [0.717, 1.165) is 22.1 Å². The van der Waals surface area contributed by atoms with Gasteiger partial charge in [0.15, 0.2) is 0 Å². The van der Waals surface area contributed by atoms with Gasteiger partial charge in [-0.05, 0) is 43.2 Å². The first-order valence-corrected chi connectivity index (χ1v) is 6.84. The summed E-state index contributed by atoms with van der Waals surface area (Å²) in [5, 5.41) is 0. The van der Waals surface area contributed by atoms with E-state index in [2.05, 4.69) is 0 Å². The summed E-state index contributed by atoms with van der Waals surface area (Å²) >= 11 is 1.26. The molecule has 0 aliphatic heterocycles. The first-order chi connectivity index (χ1) is 9.38. The van der Waals surface area contributed by atoms with Gasteiger partial charge < -0.3 is 11.5 Å². The Balaban J connectivity index is 2.45. The van der Waals surface area contributed by atoms with E-state index >= 15 is 0 Å². The summed E-state index contributed by atoms with van der Waals surface area (Å²) in [5.41, 5.74) is 13.1. The Hall–Kier alpha value is -2.01. The number of anilines is 1. The quantitative estimate of drug-likeness (QED) is 0.852. The van der Waals surface area contributed by atoms with E-state index in [-0.39, 0.29) is 11.3 Å². The van der Waals surface area contributed by atoms with Crippen LogP contribution in [0.1, 0.15) is 21.5 Å². The van der Waals surface area contributed by atoms with E-state index in [1.807, 2.05) is 32.0 Å². The average molecular weight is 290 g/mol. The summed E-state index contributed by atoms with van der Waals surface area (Å²) < 4.78 is 14.0. The molecule has 5 heteroatoms. The molecule has 20 heavy (non-hydrogen) atoms. The molecule has 0 bridgehead atoms. The lowest BCUT2D eigenvalue weighted by molar-refractivity contribution is 0.100. The molecule has 0 unspecified atom stereocenters. The van der Waals surface area contributed by atoms with Crippen LogP contribution < -0.4 is 11.5 Å². The molecule has 0 radical (unpaired) electrons. The van der Waals surface area contributed by atoms with Gasteiger partial charge in [0.05, 0.1) is 5.56 Å². The predicted molar refractivity (Wildman–Crippen MR) is 79.4 cm³/mol. The summed E-state index contributed by atoms with van der Waals surface area (Å²) in [6, 6.07) is 8.47. The van der Waals surface area contributed by atoms with E-state index in [4.69, 9.17) is 11.5 Å². The number of halogens is 1. The van der Waals surface area contributed by atoms with Crippen LogP contribution in [0.4, 0.5) is 10.1 Å². The summed E-state index contributed by atoms with van der Waals surface area (Å²) in [5.74, 6) is -1.12. The Morgan fingerprint density at radius 1 is 1.15 bits per heavy atom. The molecule has 0 fully saturated rings. The minimum atomic E-state index is -0.662. The van der Waals surface area contributed by atoms with Gasteiger partial charge in [-0.25, -0.2) is 4.39 Å². The van der Waals surface area contributed by atoms with Crippen LogP contribution in [-0.4, -0.2) is 5.91 Å². The summed E-state index contributed by atoms with van der Waals surface area (Å²) in [7, 11) is 0. The lowest BCUT2D eigenvalue weighted by Crippen LogP contribution is -2.14. The van der Waals surface area contributed by atoms with Gasteiger partial charge in [-0.15, -0.1) is 0 Å². The van der Waals surface area contributed by atoms with Crippen molar-refractivity contribution in [2.24, 2.45) is 5.73 Å². The zero-order valence-electron chi connectivity index (χ0n) is 11.2. The van der Waals surface area contributed by atoms with Crippen molar-refractivity contribution in [2.45, 2.75) is 23.6 Å². The fourth-order valence-electron chi connectivity index (χ4n) is 1.80. The highest BCUT2D eigenvalue weighted by Crippen LogP contribution is 2.34. The van der Waals surface area contributed by atoms with Crippen molar-refractivity contribution in [1.82, 2.24) is 0 Å². The molecule has 2 rings (SSSR count). The molecule has 2 aromatic carbocycles. The standard InChI is InChI=1S/C15H15FN2OS/c1-8-3-4-9(2)13(5-8)20-14-6-10(15(18)19)12(17)7-11(14)16/h3-7H,17H2,1-2H3,(H2,18,19). The fraction of sp³-hybridized carbons (Fsp3) is 0.133. The van der Waals surface area contributed by atoms with Gasteiger partial charge in [0, 0.05) is 15.5 Å². The van der Waals surface area contributed by atoms with Crippen LogP contribution in [0.3, 0.4) is 0 Å². The highest BCUT2D eigenvalue weighted by molar-refractivity contribution is 7.99. The van der Waals surface area contributed by atoms with E-state index in [9.17, 15) is 9.18 Å². The van der Waals surface area contributed by atoms with Crippen molar-refractivity contribution in [1.29, 1.82) is 0 Å². The van der Waals surface area contributed by atoms with Gasteiger partial charge in [-0.3, -0.25) is 4.79 Å². The Morgan fingerprint density at radius 2 is 1.85 bits per heavy atom. The minimum Gasteiger partial charge on any atom is -0.398 e. The fourth-order valence-corrected chi connectivity index (χ4v) is 2.84. The van der Waals surface area contributed by atoms with Crippen molar-refractivity contribution >= 4 is 23.4 Å². The molecule has 104 valence electrons. The van der Waals surface area contributed by atoms with E-state index in [0.29, 0.717) is 4.90 Å². The average Bonchev–Trinajstić information content (AvgIpc) is 2.36. The monoisotopic (exact) mass is 290 g/mol. The summed E-state index contributed by atoms with van der Waals surface area (Å²) in [6.07, 6.45) is 0. The number of amides is 1. The number of rotatable bonds is 3. The van der Waals surface area contributed by atoms with Gasteiger partial charge in [0.2, 0.25) is 0 Å². The lowest BCUT2D eigenvalue weighted by Gasteiger charge is -2.10. The third-order valence-corrected chi connectivity index (χ3v) is 4.13. The van der Waals surface area contributed by atoms with Crippen LogP contribution in [0.25, 0.3) is 0 Å². The van der Waals surface area contributed by atoms with Gasteiger partial charge in [0.1, 0.15) is 5.82 Å². The van der Waals surface area contributed by atoms with Crippen molar-refractivity contribution in [3.05, 3.63) is 52.8 Å². The first kappa shape index (κ1) is 14.4. The maximum atomic E-state index is 14.0. The first-order valence-electron chi connectivity index (χ1n) is 6.02. The molecule has 4 N–H and O–H groups in total. The third kappa shape index (κ3) is 2.93. The van der Waals surface area contributed by atoms with Gasteiger partial charge in [0.25, 0.3) is 5.91 Å². The van der Waals surface area contributed by atoms with Gasteiger partial charge >= 0.3 is 0 Å². The number of hydrogen-bond donors (Lipinski definition) is 2. The third-order valence-electron chi connectivity index (χ3n) is 2.93. The molecule has 0 spiro atoms. The molecule has 3 nitrogen and oxygen atoms in total. The van der Waals surface area contributed by atoms with Gasteiger partial charge in [-0.1, -0.05) is 23.9 Å². The SMILES string of the molecule is Cc1ccc(C)c(Sc2cc(C(N)=O)c(N)cc2F)c1. The van der Waals surface area contributed by atoms with E-state index in [1.54, 1.807) is 0 Å². The number of hydrogen-bond acceptors (Lipinski definition) is 3. The largest absolute Gasteiger partial charge is 0.398 e. The molecular formula is C15H15FN2OS. The van der Waals surface area contributed by atoms with Crippen LogP contribution >= 0.6 is 11.8 Å². The maximum Gasteiger partial charge on any atom is 0.250 e. The molecule has 0 aliphatic rings. The smallest absolute Gasteiger partial charge is 0.250 e. The topological polar surface area (TPSA) is 69.1 Å². The number of benzene rings is 2. The summed E-state index contributed by atoms with van der Waals surface area (Å²) in [4.78, 5) is 12.5. The second-order valence-electron chi connectivity index (χ2n) is 4.61. The molecule has 0 saturated heterocycles. The molecule has 0 aromatic heterocycles. The molecule has 1 amide bonds. The number of primary amides is 1. The van der Waals surface area contributed by atoms with Crippen molar-refractivity contribution < 1.29 is 9.18 Å². The Morgan fingerprint density at radius 3 is 2.50 bits per heavy atom.